The molecule has 4 rings (SSSR count). The van der Waals surface area contributed by atoms with Crippen LogP contribution < -0.4 is 10.2 Å². The molecule has 2 amide bonds. The fraction of sp³-hybridized carbons (Fsp3) is 0.211. The van der Waals surface area contributed by atoms with Crippen molar-refractivity contribution in [3.05, 3.63) is 48.5 Å². The lowest BCUT2D eigenvalue weighted by molar-refractivity contribution is -0.128. The van der Waals surface area contributed by atoms with E-state index in [1.165, 1.54) is 23.1 Å². The lowest BCUT2D eigenvalue weighted by Gasteiger charge is -2.38. The number of hydrogen-bond donors (Lipinski definition) is 1. The average molecular weight is 383 g/mol. The molecule has 26 heavy (non-hydrogen) atoms. The van der Waals surface area contributed by atoms with Crippen LogP contribution in [0.5, 0.6) is 0 Å². The second-order valence-corrected chi connectivity index (χ2v) is 8.58. The van der Waals surface area contributed by atoms with E-state index in [2.05, 4.69) is 10.3 Å². The molecule has 0 radical (unpaired) electrons. The van der Waals surface area contributed by atoms with Crippen molar-refractivity contribution in [3.63, 3.8) is 0 Å². The third-order valence-corrected chi connectivity index (χ3v) is 6.67. The van der Waals surface area contributed by atoms with E-state index in [1.54, 1.807) is 11.8 Å². The van der Waals surface area contributed by atoms with Gasteiger partial charge in [0.25, 0.3) is 11.8 Å². The number of aromatic nitrogens is 1. The van der Waals surface area contributed by atoms with E-state index in [-0.39, 0.29) is 11.8 Å². The van der Waals surface area contributed by atoms with Gasteiger partial charge in [0.2, 0.25) is 0 Å². The summed E-state index contributed by atoms with van der Waals surface area (Å²) in [5.41, 5.74) is 1.69. The van der Waals surface area contributed by atoms with Gasteiger partial charge in [-0.2, -0.15) is 0 Å². The molecular weight excluding hydrogens is 366 g/mol. The van der Waals surface area contributed by atoms with Crippen LogP contribution in [-0.4, -0.2) is 28.1 Å². The van der Waals surface area contributed by atoms with Crippen LogP contribution in [0.1, 0.15) is 13.8 Å². The Kier molecular flexibility index (Phi) is 4.20. The SMILES string of the molecule is CCN1C(=O)C(C)(C(=O)Nc2nc3ccccc3s2)Sc2ccccc21. The summed E-state index contributed by atoms with van der Waals surface area (Å²) < 4.78 is -0.238. The molecule has 7 heteroatoms. The highest BCUT2D eigenvalue weighted by atomic mass is 32.2. The van der Waals surface area contributed by atoms with Crippen molar-refractivity contribution in [2.45, 2.75) is 23.5 Å². The first-order chi connectivity index (χ1) is 12.5. The Balaban J connectivity index is 1.67. The van der Waals surface area contributed by atoms with Gasteiger partial charge in [-0.1, -0.05) is 47.4 Å². The van der Waals surface area contributed by atoms with Crippen molar-refractivity contribution in [2.75, 3.05) is 16.8 Å². The van der Waals surface area contributed by atoms with E-state index >= 15 is 0 Å². The van der Waals surface area contributed by atoms with Crippen LogP contribution in [0, 0.1) is 0 Å². The van der Waals surface area contributed by atoms with Crippen molar-refractivity contribution >= 4 is 55.9 Å². The highest BCUT2D eigenvalue weighted by molar-refractivity contribution is 8.02. The predicted molar refractivity (Wildman–Crippen MR) is 107 cm³/mol. The zero-order chi connectivity index (χ0) is 18.3. The van der Waals surface area contributed by atoms with E-state index in [1.807, 2.05) is 55.5 Å². The summed E-state index contributed by atoms with van der Waals surface area (Å²) in [6, 6.07) is 15.4. The number of anilines is 2. The number of rotatable bonds is 3. The molecule has 0 saturated heterocycles. The van der Waals surface area contributed by atoms with Crippen LogP contribution in [0.15, 0.2) is 53.4 Å². The second kappa shape index (κ2) is 6.41. The molecule has 1 unspecified atom stereocenters. The Bertz CT molecular complexity index is 984. The minimum Gasteiger partial charge on any atom is -0.310 e. The number of thioether (sulfide) groups is 1. The first kappa shape index (κ1) is 17.1. The maximum absolute atomic E-state index is 13.1. The van der Waals surface area contributed by atoms with Crippen LogP contribution >= 0.6 is 23.1 Å². The van der Waals surface area contributed by atoms with Gasteiger partial charge in [0.1, 0.15) is 0 Å². The summed E-state index contributed by atoms with van der Waals surface area (Å²) in [7, 11) is 0. The molecule has 5 nitrogen and oxygen atoms in total. The second-order valence-electron chi connectivity index (χ2n) is 6.09. The van der Waals surface area contributed by atoms with E-state index in [0.717, 1.165) is 20.8 Å². The van der Waals surface area contributed by atoms with Crippen LogP contribution in [0.3, 0.4) is 0 Å². The van der Waals surface area contributed by atoms with Gasteiger partial charge in [-0.05, 0) is 38.1 Å². The average Bonchev–Trinajstić information content (AvgIpc) is 3.05. The fourth-order valence-electron chi connectivity index (χ4n) is 3.00. The standard InChI is InChI=1S/C19H17N3O2S2/c1-3-22-13-9-5-7-11-15(13)26-19(2,17(22)24)16(23)21-18-20-12-8-4-6-10-14(12)25-18/h4-11H,3H2,1-2H3,(H,20,21,23). The van der Waals surface area contributed by atoms with Crippen LogP contribution in [0.4, 0.5) is 10.8 Å². The first-order valence-corrected chi connectivity index (χ1v) is 9.93. The molecule has 0 aliphatic carbocycles. The van der Waals surface area contributed by atoms with Gasteiger partial charge in [0.05, 0.1) is 15.9 Å². The molecule has 1 atom stereocenters. The zero-order valence-corrected chi connectivity index (χ0v) is 16.0. The number of amides is 2. The zero-order valence-electron chi connectivity index (χ0n) is 14.4. The Morgan fingerprint density at radius 1 is 1.19 bits per heavy atom. The molecule has 0 bridgehead atoms. The van der Waals surface area contributed by atoms with Crippen LogP contribution in [0.25, 0.3) is 10.2 Å². The Morgan fingerprint density at radius 2 is 1.92 bits per heavy atom. The molecule has 2 aromatic carbocycles. The number of benzene rings is 2. The van der Waals surface area contributed by atoms with Crippen molar-refractivity contribution in [2.24, 2.45) is 0 Å². The molecule has 1 aromatic heterocycles. The summed E-state index contributed by atoms with van der Waals surface area (Å²) in [4.78, 5) is 33.1. The summed E-state index contributed by atoms with van der Waals surface area (Å²) >= 11 is 2.70. The number of nitrogens with one attached hydrogen (secondary N) is 1. The molecule has 1 aliphatic rings. The molecule has 1 N–H and O–H groups in total. The number of nitrogens with zero attached hydrogens (tertiary/aromatic N) is 2. The van der Waals surface area contributed by atoms with Crippen LogP contribution in [-0.2, 0) is 9.59 Å². The maximum Gasteiger partial charge on any atom is 0.252 e. The molecular formula is C19H17N3O2S2. The van der Waals surface area contributed by atoms with Gasteiger partial charge < -0.3 is 10.2 Å². The van der Waals surface area contributed by atoms with Crippen molar-refractivity contribution in [1.29, 1.82) is 0 Å². The molecule has 132 valence electrons. The van der Waals surface area contributed by atoms with E-state index < -0.39 is 4.75 Å². The first-order valence-electron chi connectivity index (χ1n) is 8.30. The molecule has 1 aliphatic heterocycles. The van der Waals surface area contributed by atoms with Crippen molar-refractivity contribution < 1.29 is 9.59 Å². The highest BCUT2D eigenvalue weighted by Crippen LogP contribution is 2.45. The Hall–Kier alpha value is -2.38. The van der Waals surface area contributed by atoms with Crippen LogP contribution in [0.2, 0.25) is 0 Å². The number of thiazole rings is 1. The van der Waals surface area contributed by atoms with Gasteiger partial charge in [-0.3, -0.25) is 9.59 Å². The van der Waals surface area contributed by atoms with Gasteiger partial charge >= 0.3 is 0 Å². The number of para-hydroxylation sites is 2. The maximum atomic E-state index is 13.1. The fourth-order valence-corrected chi connectivity index (χ4v) is 5.07. The molecule has 0 fully saturated rings. The number of fused-ring (bicyclic) bond motifs is 2. The quantitative estimate of drug-likeness (QED) is 0.690. The third-order valence-electron chi connectivity index (χ3n) is 4.39. The molecule has 3 aromatic rings. The van der Waals surface area contributed by atoms with Gasteiger partial charge in [-0.15, -0.1) is 0 Å². The summed E-state index contributed by atoms with van der Waals surface area (Å²) in [6.45, 7) is 4.11. The lowest BCUT2D eigenvalue weighted by Crippen LogP contribution is -2.54. The highest BCUT2D eigenvalue weighted by Gasteiger charge is 2.49. The summed E-state index contributed by atoms with van der Waals surface area (Å²) in [6.07, 6.45) is 0. The largest absolute Gasteiger partial charge is 0.310 e. The van der Waals surface area contributed by atoms with E-state index in [0.29, 0.717) is 11.7 Å². The normalized spacial score (nSPS) is 19.5. The monoisotopic (exact) mass is 383 g/mol. The van der Waals surface area contributed by atoms with Crippen molar-refractivity contribution in [3.8, 4) is 0 Å². The van der Waals surface area contributed by atoms with Gasteiger partial charge in [0, 0.05) is 11.4 Å². The number of carbonyl (C=O) groups is 2. The summed E-state index contributed by atoms with van der Waals surface area (Å²) in [5, 5.41) is 3.35. The Morgan fingerprint density at radius 3 is 2.69 bits per heavy atom. The minimum atomic E-state index is -1.23. The Labute approximate surface area is 159 Å². The van der Waals surface area contributed by atoms with Gasteiger partial charge in [0.15, 0.2) is 9.88 Å². The minimum absolute atomic E-state index is 0.206. The third kappa shape index (κ3) is 2.68. The smallest absolute Gasteiger partial charge is 0.252 e. The number of hydrogen-bond acceptors (Lipinski definition) is 5. The predicted octanol–water partition coefficient (Wildman–Crippen LogP) is 4.15. The number of carbonyl (C=O) groups excluding carboxylic acids is 2. The van der Waals surface area contributed by atoms with E-state index in [4.69, 9.17) is 0 Å². The summed E-state index contributed by atoms with van der Waals surface area (Å²) in [5.74, 6) is -0.554. The lowest BCUT2D eigenvalue weighted by atomic mass is 10.1. The molecule has 0 spiro atoms. The molecule has 2 heterocycles. The topological polar surface area (TPSA) is 62.3 Å². The van der Waals surface area contributed by atoms with Crippen molar-refractivity contribution in [1.82, 2.24) is 4.98 Å². The van der Waals surface area contributed by atoms with Gasteiger partial charge in [-0.25, -0.2) is 4.98 Å². The van der Waals surface area contributed by atoms with E-state index in [9.17, 15) is 9.59 Å². The molecule has 0 saturated carbocycles.